The maximum Gasteiger partial charge on any atom is 0.0586 e. The predicted octanol–water partition coefficient (Wildman–Crippen LogP) is 3.95. The van der Waals surface area contributed by atoms with E-state index in [1.807, 2.05) is 25.3 Å². The van der Waals surface area contributed by atoms with Crippen molar-refractivity contribution in [2.75, 3.05) is 7.11 Å². The molecule has 2 nitrogen and oxygen atoms in total. The van der Waals surface area contributed by atoms with Crippen LogP contribution >= 0.6 is 11.6 Å². The summed E-state index contributed by atoms with van der Waals surface area (Å²) in [6, 6.07) is 8.98. The highest BCUT2D eigenvalue weighted by atomic mass is 35.5. The molecule has 0 aliphatic heterocycles. The van der Waals surface area contributed by atoms with Gasteiger partial charge in [0.1, 0.15) is 0 Å². The Morgan fingerprint density at radius 2 is 2.22 bits per heavy atom. The topological polar surface area (TPSA) is 21.3 Å². The van der Waals surface area contributed by atoms with Crippen LogP contribution in [0.2, 0.25) is 5.02 Å². The van der Waals surface area contributed by atoms with Gasteiger partial charge in [0, 0.05) is 24.2 Å². The van der Waals surface area contributed by atoms with Gasteiger partial charge >= 0.3 is 0 Å². The Morgan fingerprint density at radius 1 is 1.39 bits per heavy atom. The van der Waals surface area contributed by atoms with Crippen LogP contribution in [-0.2, 0) is 4.74 Å². The van der Waals surface area contributed by atoms with Gasteiger partial charge in [-0.3, -0.25) is 0 Å². The molecule has 1 fully saturated rings. The monoisotopic (exact) mass is 267 g/mol. The second kappa shape index (κ2) is 6.55. The van der Waals surface area contributed by atoms with E-state index in [0.717, 1.165) is 11.4 Å². The number of benzene rings is 1. The summed E-state index contributed by atoms with van der Waals surface area (Å²) in [6.07, 6.45) is 5.22. The third kappa shape index (κ3) is 3.71. The van der Waals surface area contributed by atoms with Crippen molar-refractivity contribution in [1.29, 1.82) is 0 Å². The molecule has 0 heterocycles. The first-order valence-corrected chi connectivity index (χ1v) is 7.11. The van der Waals surface area contributed by atoms with Crippen LogP contribution in [-0.4, -0.2) is 19.3 Å². The molecule has 0 saturated heterocycles. The average molecular weight is 268 g/mol. The Labute approximate surface area is 115 Å². The van der Waals surface area contributed by atoms with E-state index in [1.54, 1.807) is 0 Å². The van der Waals surface area contributed by atoms with Crippen LogP contribution in [0.4, 0.5) is 0 Å². The lowest BCUT2D eigenvalue weighted by Crippen LogP contribution is -2.38. The molecule has 1 aliphatic carbocycles. The first kappa shape index (κ1) is 13.9. The molecule has 2 rings (SSSR count). The van der Waals surface area contributed by atoms with Gasteiger partial charge in [-0.1, -0.05) is 23.7 Å². The lowest BCUT2D eigenvalue weighted by Gasteiger charge is -2.31. The zero-order chi connectivity index (χ0) is 13.0. The SMILES string of the molecule is COC1CCCC(N[C@@H](C)c2cccc(Cl)c2)C1. The van der Waals surface area contributed by atoms with E-state index in [2.05, 4.69) is 18.3 Å². The smallest absolute Gasteiger partial charge is 0.0586 e. The molecule has 1 saturated carbocycles. The molecule has 0 spiro atoms. The average Bonchev–Trinajstić information content (AvgIpc) is 2.39. The molecule has 1 aromatic carbocycles. The second-order valence-electron chi connectivity index (χ2n) is 5.16. The zero-order valence-corrected chi connectivity index (χ0v) is 11.9. The molecule has 100 valence electrons. The summed E-state index contributed by atoms with van der Waals surface area (Å²) in [4.78, 5) is 0. The number of methoxy groups -OCH3 is 1. The summed E-state index contributed by atoms with van der Waals surface area (Å²) in [5, 5.41) is 4.49. The van der Waals surface area contributed by atoms with Crippen molar-refractivity contribution in [3.05, 3.63) is 34.9 Å². The van der Waals surface area contributed by atoms with Crippen molar-refractivity contribution < 1.29 is 4.74 Å². The summed E-state index contributed by atoms with van der Waals surface area (Å²) in [5.74, 6) is 0. The Kier molecular flexibility index (Phi) is 5.04. The quantitative estimate of drug-likeness (QED) is 0.892. The fourth-order valence-corrected chi connectivity index (χ4v) is 2.93. The second-order valence-corrected chi connectivity index (χ2v) is 5.60. The number of ether oxygens (including phenoxy) is 1. The minimum atomic E-state index is 0.337. The summed E-state index contributed by atoms with van der Waals surface area (Å²) in [7, 11) is 1.81. The highest BCUT2D eigenvalue weighted by Crippen LogP contribution is 2.24. The fourth-order valence-electron chi connectivity index (χ4n) is 2.74. The maximum absolute atomic E-state index is 6.03. The molecule has 0 aromatic heterocycles. The molecule has 0 bridgehead atoms. The van der Waals surface area contributed by atoms with Crippen molar-refractivity contribution in [3.8, 4) is 0 Å². The Hall–Kier alpha value is -0.570. The highest BCUT2D eigenvalue weighted by molar-refractivity contribution is 6.30. The van der Waals surface area contributed by atoms with E-state index in [-0.39, 0.29) is 0 Å². The number of hydrogen-bond acceptors (Lipinski definition) is 2. The van der Waals surface area contributed by atoms with Gasteiger partial charge in [-0.05, 0) is 50.3 Å². The predicted molar refractivity (Wildman–Crippen MR) is 76.1 cm³/mol. The third-order valence-corrected chi connectivity index (χ3v) is 4.03. The van der Waals surface area contributed by atoms with Crippen LogP contribution in [0.15, 0.2) is 24.3 Å². The molecule has 1 aromatic rings. The van der Waals surface area contributed by atoms with Gasteiger partial charge in [0.2, 0.25) is 0 Å². The normalized spacial score (nSPS) is 25.9. The van der Waals surface area contributed by atoms with Crippen LogP contribution in [0, 0.1) is 0 Å². The molecule has 0 radical (unpaired) electrons. The van der Waals surface area contributed by atoms with Gasteiger partial charge in [0.15, 0.2) is 0 Å². The maximum atomic E-state index is 6.03. The van der Waals surface area contributed by atoms with Crippen LogP contribution < -0.4 is 5.32 Å². The number of halogens is 1. The molecule has 2 unspecified atom stereocenters. The molecular formula is C15H22ClNO. The van der Waals surface area contributed by atoms with Gasteiger partial charge in [-0.15, -0.1) is 0 Å². The first-order valence-electron chi connectivity index (χ1n) is 6.73. The lowest BCUT2D eigenvalue weighted by molar-refractivity contribution is 0.0572. The summed E-state index contributed by atoms with van der Waals surface area (Å²) >= 11 is 6.03. The van der Waals surface area contributed by atoms with Crippen molar-refractivity contribution >= 4 is 11.6 Å². The fraction of sp³-hybridized carbons (Fsp3) is 0.600. The molecule has 0 amide bonds. The van der Waals surface area contributed by atoms with Gasteiger partial charge in [0.05, 0.1) is 6.10 Å². The van der Waals surface area contributed by atoms with Crippen molar-refractivity contribution in [1.82, 2.24) is 5.32 Å². The van der Waals surface area contributed by atoms with E-state index < -0.39 is 0 Å². The highest BCUT2D eigenvalue weighted by Gasteiger charge is 2.22. The summed E-state index contributed by atoms with van der Waals surface area (Å²) in [5.41, 5.74) is 1.25. The Balaban J connectivity index is 1.92. The summed E-state index contributed by atoms with van der Waals surface area (Å²) in [6.45, 7) is 2.20. The minimum Gasteiger partial charge on any atom is -0.381 e. The van der Waals surface area contributed by atoms with E-state index in [1.165, 1.54) is 24.8 Å². The van der Waals surface area contributed by atoms with E-state index in [4.69, 9.17) is 16.3 Å². The minimum absolute atomic E-state index is 0.337. The van der Waals surface area contributed by atoms with Crippen LogP contribution in [0.5, 0.6) is 0 Å². The Bertz CT molecular complexity index is 383. The standard InChI is InChI=1S/C15H22ClNO/c1-11(12-5-3-6-13(16)9-12)17-14-7-4-8-15(10-14)18-2/h3,5-6,9,11,14-15,17H,4,7-8,10H2,1-2H3/t11-,14?,15?/m0/s1. The molecule has 1 aliphatic rings. The molecular weight excluding hydrogens is 246 g/mol. The van der Waals surface area contributed by atoms with Crippen molar-refractivity contribution in [2.45, 2.75) is 50.8 Å². The lowest BCUT2D eigenvalue weighted by atomic mass is 9.92. The largest absolute Gasteiger partial charge is 0.381 e. The van der Waals surface area contributed by atoms with Gasteiger partial charge in [-0.25, -0.2) is 0 Å². The Morgan fingerprint density at radius 3 is 2.94 bits per heavy atom. The molecule has 18 heavy (non-hydrogen) atoms. The summed E-state index contributed by atoms with van der Waals surface area (Å²) < 4.78 is 5.47. The van der Waals surface area contributed by atoms with Crippen molar-refractivity contribution in [3.63, 3.8) is 0 Å². The third-order valence-electron chi connectivity index (χ3n) is 3.79. The molecule has 1 N–H and O–H groups in total. The molecule has 3 atom stereocenters. The van der Waals surface area contributed by atoms with Gasteiger partial charge in [0.25, 0.3) is 0 Å². The first-order chi connectivity index (χ1) is 8.69. The number of rotatable bonds is 4. The molecule has 3 heteroatoms. The zero-order valence-electron chi connectivity index (χ0n) is 11.2. The van der Waals surface area contributed by atoms with Crippen LogP contribution in [0.25, 0.3) is 0 Å². The van der Waals surface area contributed by atoms with Crippen molar-refractivity contribution in [2.24, 2.45) is 0 Å². The van der Waals surface area contributed by atoms with Crippen LogP contribution in [0.1, 0.15) is 44.2 Å². The number of nitrogens with one attached hydrogen (secondary N) is 1. The van der Waals surface area contributed by atoms with E-state index in [0.29, 0.717) is 18.2 Å². The van der Waals surface area contributed by atoms with Gasteiger partial charge < -0.3 is 10.1 Å². The van der Waals surface area contributed by atoms with E-state index >= 15 is 0 Å². The van der Waals surface area contributed by atoms with Crippen LogP contribution in [0.3, 0.4) is 0 Å². The van der Waals surface area contributed by atoms with E-state index in [9.17, 15) is 0 Å². The number of hydrogen-bond donors (Lipinski definition) is 1. The van der Waals surface area contributed by atoms with Gasteiger partial charge in [-0.2, -0.15) is 0 Å².